The van der Waals surface area contributed by atoms with Gasteiger partial charge >= 0.3 is 0 Å². The first-order chi connectivity index (χ1) is 13.6. The van der Waals surface area contributed by atoms with Crippen molar-refractivity contribution in [2.45, 2.75) is 44.8 Å². The van der Waals surface area contributed by atoms with Crippen LogP contribution in [0.15, 0.2) is 60.7 Å². The van der Waals surface area contributed by atoms with Crippen LogP contribution in [0.2, 0.25) is 5.04 Å². The monoisotopic (exact) mass is 434 g/mol. The molecule has 0 saturated carbocycles. The molecular formula is C22H30O5SSi. The van der Waals surface area contributed by atoms with Crippen molar-refractivity contribution in [2.75, 3.05) is 12.9 Å². The molecule has 158 valence electrons. The quantitative estimate of drug-likeness (QED) is 0.249. The van der Waals surface area contributed by atoms with E-state index in [2.05, 4.69) is 45.0 Å². The maximum absolute atomic E-state index is 11.9. The van der Waals surface area contributed by atoms with Crippen molar-refractivity contribution in [3.8, 4) is 0 Å². The third-order valence-electron chi connectivity index (χ3n) is 4.83. The highest BCUT2D eigenvalue weighted by Gasteiger charge is 2.51. The van der Waals surface area contributed by atoms with E-state index in [4.69, 9.17) is 8.61 Å². The van der Waals surface area contributed by atoms with Gasteiger partial charge in [0.25, 0.3) is 18.4 Å². The van der Waals surface area contributed by atoms with Crippen molar-refractivity contribution in [3.63, 3.8) is 0 Å². The molecule has 0 spiro atoms. The first-order valence-corrected chi connectivity index (χ1v) is 13.4. The Kier molecular flexibility index (Phi) is 7.93. The van der Waals surface area contributed by atoms with Gasteiger partial charge in [0, 0.05) is 0 Å². The normalized spacial score (nSPS) is 13.8. The van der Waals surface area contributed by atoms with E-state index in [1.807, 2.05) is 36.4 Å². The summed E-state index contributed by atoms with van der Waals surface area (Å²) in [5, 5.41) is 1.95. The van der Waals surface area contributed by atoms with E-state index < -0.39 is 24.5 Å². The lowest BCUT2D eigenvalue weighted by Gasteiger charge is -2.44. The standard InChI is InChI=1S/C22H30O5SSi/c1-22(2,3)29(20-13-7-5-8-14-20,21-15-9-6-10-16-21)27-19(18-23)12-11-17-26-28(4,24)25/h5-10,13-16,18-19H,11-12,17H2,1-4H3/t19-/m0/s1. The van der Waals surface area contributed by atoms with E-state index in [0.717, 1.165) is 22.9 Å². The van der Waals surface area contributed by atoms with Gasteiger partial charge in [-0.05, 0) is 28.3 Å². The summed E-state index contributed by atoms with van der Waals surface area (Å²) >= 11 is 0. The molecular weight excluding hydrogens is 404 g/mol. The van der Waals surface area contributed by atoms with Gasteiger partial charge in [-0.25, -0.2) is 0 Å². The number of hydrogen-bond acceptors (Lipinski definition) is 5. The number of carbonyl (C=O) groups is 1. The van der Waals surface area contributed by atoms with Gasteiger partial charge in [-0.2, -0.15) is 8.42 Å². The summed E-state index contributed by atoms with van der Waals surface area (Å²) in [6.45, 7) is 6.48. The Morgan fingerprint density at radius 1 is 0.966 bits per heavy atom. The number of carbonyl (C=O) groups excluding carboxylic acids is 1. The van der Waals surface area contributed by atoms with E-state index in [9.17, 15) is 13.2 Å². The fourth-order valence-electron chi connectivity index (χ4n) is 3.57. The van der Waals surface area contributed by atoms with Crippen LogP contribution in [0.5, 0.6) is 0 Å². The molecule has 0 N–H and O–H groups in total. The molecule has 0 fully saturated rings. The van der Waals surface area contributed by atoms with Crippen molar-refractivity contribution >= 4 is 35.1 Å². The second kappa shape index (κ2) is 9.80. The van der Waals surface area contributed by atoms with Gasteiger partial charge in [0.15, 0.2) is 0 Å². The Hall–Kier alpha value is -1.80. The lowest BCUT2D eigenvalue weighted by molar-refractivity contribution is -0.114. The molecule has 0 aliphatic carbocycles. The first kappa shape index (κ1) is 23.5. The molecule has 2 rings (SSSR count). The first-order valence-electron chi connectivity index (χ1n) is 9.69. The van der Waals surface area contributed by atoms with Gasteiger partial charge < -0.3 is 9.22 Å². The number of benzene rings is 2. The zero-order valence-corrected chi connectivity index (χ0v) is 19.3. The zero-order valence-electron chi connectivity index (χ0n) is 17.5. The van der Waals surface area contributed by atoms with Crippen molar-refractivity contribution < 1.29 is 21.8 Å². The molecule has 1 atom stereocenters. The minimum atomic E-state index is -3.49. The van der Waals surface area contributed by atoms with E-state index >= 15 is 0 Å². The fraction of sp³-hybridized carbons (Fsp3) is 0.409. The highest BCUT2D eigenvalue weighted by molar-refractivity contribution is 7.85. The van der Waals surface area contributed by atoms with Crippen molar-refractivity contribution in [1.82, 2.24) is 0 Å². The van der Waals surface area contributed by atoms with E-state index in [-0.39, 0.29) is 11.6 Å². The molecule has 2 aromatic rings. The van der Waals surface area contributed by atoms with Gasteiger partial charge in [0.05, 0.1) is 12.9 Å². The summed E-state index contributed by atoms with van der Waals surface area (Å²) in [4.78, 5) is 11.9. The van der Waals surface area contributed by atoms with Gasteiger partial charge in [0.1, 0.15) is 12.4 Å². The van der Waals surface area contributed by atoms with Crippen molar-refractivity contribution in [3.05, 3.63) is 60.7 Å². The fourth-order valence-corrected chi connectivity index (χ4v) is 8.63. The molecule has 0 aliphatic heterocycles. The predicted molar refractivity (Wildman–Crippen MR) is 119 cm³/mol. The lowest BCUT2D eigenvalue weighted by atomic mass is 10.2. The van der Waals surface area contributed by atoms with Crippen molar-refractivity contribution in [2.24, 2.45) is 0 Å². The average molecular weight is 435 g/mol. The van der Waals surface area contributed by atoms with Crippen LogP contribution < -0.4 is 10.4 Å². The van der Waals surface area contributed by atoms with Gasteiger partial charge in [-0.3, -0.25) is 4.18 Å². The Morgan fingerprint density at radius 2 is 1.45 bits per heavy atom. The van der Waals surface area contributed by atoms with Crippen LogP contribution in [-0.4, -0.2) is 42.0 Å². The van der Waals surface area contributed by atoms with Crippen LogP contribution in [0, 0.1) is 0 Å². The van der Waals surface area contributed by atoms with Gasteiger partial charge in [-0.1, -0.05) is 81.4 Å². The molecule has 0 bridgehead atoms. The van der Waals surface area contributed by atoms with E-state index in [0.29, 0.717) is 12.8 Å². The molecule has 0 aromatic heterocycles. The summed E-state index contributed by atoms with van der Waals surface area (Å²) in [5.41, 5.74) is 0. The third kappa shape index (κ3) is 6.09. The highest BCUT2D eigenvalue weighted by Crippen LogP contribution is 2.37. The van der Waals surface area contributed by atoms with Crippen LogP contribution in [-0.2, 0) is 23.5 Å². The summed E-state index contributed by atoms with van der Waals surface area (Å²) in [6.07, 6.45) is 1.99. The Bertz CT molecular complexity index is 837. The van der Waals surface area contributed by atoms with Crippen LogP contribution in [0.4, 0.5) is 0 Å². The van der Waals surface area contributed by atoms with Crippen molar-refractivity contribution in [1.29, 1.82) is 0 Å². The molecule has 0 aliphatic rings. The summed E-state index contributed by atoms with van der Waals surface area (Å²) in [7, 11) is -6.31. The minimum absolute atomic E-state index is 0.0350. The largest absolute Gasteiger partial charge is 0.398 e. The molecule has 0 saturated heterocycles. The smallest absolute Gasteiger partial charge is 0.264 e. The Labute approximate surface area is 175 Å². The van der Waals surface area contributed by atoms with Crippen LogP contribution >= 0.6 is 0 Å². The highest BCUT2D eigenvalue weighted by atomic mass is 32.2. The molecule has 0 amide bonds. The molecule has 2 aromatic carbocycles. The topological polar surface area (TPSA) is 69.7 Å². The Balaban J connectivity index is 2.40. The van der Waals surface area contributed by atoms with Crippen LogP contribution in [0.3, 0.4) is 0 Å². The van der Waals surface area contributed by atoms with E-state index in [1.165, 1.54) is 0 Å². The molecule has 7 heteroatoms. The summed E-state index contributed by atoms with van der Waals surface area (Å²) in [6, 6.07) is 20.2. The molecule has 0 heterocycles. The van der Waals surface area contributed by atoms with Gasteiger partial charge in [0.2, 0.25) is 0 Å². The maximum atomic E-state index is 11.9. The average Bonchev–Trinajstić information content (AvgIpc) is 2.67. The lowest BCUT2D eigenvalue weighted by Crippen LogP contribution is -2.67. The summed E-state index contributed by atoms with van der Waals surface area (Å²) < 4.78 is 33.8. The molecule has 0 radical (unpaired) electrons. The molecule has 29 heavy (non-hydrogen) atoms. The second-order valence-electron chi connectivity index (χ2n) is 8.12. The SMILES string of the molecule is CC(C)(C)[Si](O[C@H](C=O)CCCOS(C)(=O)=O)(c1ccccc1)c1ccccc1. The third-order valence-corrected chi connectivity index (χ3v) is 10.5. The number of rotatable bonds is 10. The number of hydrogen-bond donors (Lipinski definition) is 0. The van der Waals surface area contributed by atoms with Gasteiger partial charge in [-0.15, -0.1) is 0 Å². The zero-order chi connectivity index (χ0) is 21.5. The van der Waals surface area contributed by atoms with Crippen LogP contribution in [0.25, 0.3) is 0 Å². The minimum Gasteiger partial charge on any atom is -0.398 e. The Morgan fingerprint density at radius 3 is 1.83 bits per heavy atom. The second-order valence-corrected chi connectivity index (χ2v) is 14.0. The molecule has 0 unspecified atom stereocenters. The summed E-state index contributed by atoms with van der Waals surface area (Å²) in [5.74, 6) is 0. The van der Waals surface area contributed by atoms with Crippen LogP contribution in [0.1, 0.15) is 33.6 Å². The predicted octanol–water partition coefficient (Wildman–Crippen LogP) is 2.89. The number of aldehydes is 1. The molecule has 5 nitrogen and oxygen atoms in total. The van der Waals surface area contributed by atoms with E-state index in [1.54, 1.807) is 0 Å². The maximum Gasteiger partial charge on any atom is 0.264 e.